The molecule has 0 aromatic carbocycles. The number of esters is 1. The van der Waals surface area contributed by atoms with Gasteiger partial charge in [0.2, 0.25) is 0 Å². The van der Waals surface area contributed by atoms with E-state index in [1.807, 2.05) is 31.2 Å². The third-order valence-corrected chi connectivity index (χ3v) is 4.34. The number of hydrogen-bond acceptors (Lipinski definition) is 4. The molecule has 0 saturated carbocycles. The zero-order valence-corrected chi connectivity index (χ0v) is 12.3. The predicted octanol–water partition coefficient (Wildman–Crippen LogP) is 2.89. The van der Waals surface area contributed by atoms with Gasteiger partial charge in [-0.05, 0) is 42.9 Å². The summed E-state index contributed by atoms with van der Waals surface area (Å²) in [7, 11) is 3.34. The molecule has 0 fully saturated rings. The van der Waals surface area contributed by atoms with Crippen molar-refractivity contribution >= 4 is 33.2 Å². The number of carbonyl (C=O) groups excluding carboxylic acids is 1. The van der Waals surface area contributed by atoms with Crippen LogP contribution < -0.4 is 0 Å². The number of likely N-dealkylation sites (N-methyl/N-ethyl adjacent to an activating group) is 1. The molecule has 1 heterocycles. The molecule has 3 nitrogen and oxygen atoms in total. The van der Waals surface area contributed by atoms with Gasteiger partial charge in [0.25, 0.3) is 0 Å². The fourth-order valence-electron chi connectivity index (χ4n) is 1.27. The molecule has 0 aliphatic rings. The van der Waals surface area contributed by atoms with E-state index in [0.29, 0.717) is 0 Å². The van der Waals surface area contributed by atoms with Gasteiger partial charge in [-0.3, -0.25) is 9.69 Å². The molecule has 0 radical (unpaired) electrons. The molecular weight excluding hydrogens is 290 g/mol. The van der Waals surface area contributed by atoms with E-state index in [4.69, 9.17) is 4.74 Å². The molecule has 1 aromatic heterocycles. The Bertz CT molecular complexity index is 376. The Morgan fingerprint density at radius 2 is 2.25 bits per heavy atom. The minimum absolute atomic E-state index is 0.217. The van der Waals surface area contributed by atoms with Gasteiger partial charge in [-0.25, -0.2) is 0 Å². The Kier molecular flexibility index (Phi) is 4.52. The first kappa shape index (κ1) is 13.7. The normalized spacial score (nSPS) is 11.9. The number of rotatable bonds is 4. The predicted molar refractivity (Wildman–Crippen MR) is 69.6 cm³/mol. The molecule has 5 heteroatoms. The van der Waals surface area contributed by atoms with Crippen LogP contribution >= 0.6 is 27.3 Å². The lowest BCUT2D eigenvalue weighted by Crippen LogP contribution is -2.48. The molecule has 0 bridgehead atoms. The van der Waals surface area contributed by atoms with Crippen molar-refractivity contribution in [3.8, 4) is 0 Å². The first-order valence-corrected chi connectivity index (χ1v) is 6.57. The molecule has 0 atom stereocenters. The van der Waals surface area contributed by atoms with Crippen molar-refractivity contribution in [1.82, 2.24) is 4.90 Å². The van der Waals surface area contributed by atoms with Crippen LogP contribution in [0.2, 0.25) is 0 Å². The Hall–Kier alpha value is -0.390. The first-order valence-electron chi connectivity index (χ1n) is 4.90. The van der Waals surface area contributed by atoms with Crippen molar-refractivity contribution in [3.05, 3.63) is 20.8 Å². The number of thiophene rings is 1. The van der Waals surface area contributed by atoms with Crippen LogP contribution in [0.1, 0.15) is 18.7 Å². The minimum atomic E-state index is -0.606. The Labute approximate surface area is 109 Å². The third kappa shape index (κ3) is 3.06. The van der Waals surface area contributed by atoms with E-state index in [2.05, 4.69) is 22.0 Å². The fraction of sp³-hybridized carbons (Fsp3) is 0.545. The number of halogens is 1. The SMILES string of the molecule is COC(=O)C(C)(C)N(C)Cc1cc(Br)cs1. The summed E-state index contributed by atoms with van der Waals surface area (Å²) in [4.78, 5) is 14.8. The average Bonchev–Trinajstić information content (AvgIpc) is 2.62. The van der Waals surface area contributed by atoms with Crippen LogP contribution in [0.4, 0.5) is 0 Å². The van der Waals surface area contributed by atoms with Gasteiger partial charge in [-0.2, -0.15) is 0 Å². The molecule has 0 aliphatic carbocycles. The summed E-state index contributed by atoms with van der Waals surface area (Å²) >= 11 is 5.09. The molecular formula is C11H16BrNO2S. The quantitative estimate of drug-likeness (QED) is 0.801. The summed E-state index contributed by atoms with van der Waals surface area (Å²) in [5.74, 6) is -0.217. The van der Waals surface area contributed by atoms with Crippen LogP contribution in [0.15, 0.2) is 15.9 Å². The monoisotopic (exact) mass is 305 g/mol. The van der Waals surface area contributed by atoms with E-state index < -0.39 is 5.54 Å². The summed E-state index contributed by atoms with van der Waals surface area (Å²) in [6.45, 7) is 4.46. The highest BCUT2D eigenvalue weighted by Crippen LogP contribution is 2.24. The van der Waals surface area contributed by atoms with E-state index in [0.717, 1.165) is 11.0 Å². The largest absolute Gasteiger partial charge is 0.468 e. The van der Waals surface area contributed by atoms with Gasteiger partial charge in [0, 0.05) is 21.3 Å². The summed E-state index contributed by atoms with van der Waals surface area (Å²) in [6, 6.07) is 2.06. The molecule has 0 N–H and O–H groups in total. The van der Waals surface area contributed by atoms with Gasteiger partial charge in [-0.1, -0.05) is 0 Å². The van der Waals surface area contributed by atoms with Crippen molar-refractivity contribution in [2.75, 3.05) is 14.2 Å². The molecule has 0 amide bonds. The Morgan fingerprint density at radius 3 is 2.69 bits per heavy atom. The van der Waals surface area contributed by atoms with Crippen molar-refractivity contribution < 1.29 is 9.53 Å². The second-order valence-corrected chi connectivity index (χ2v) is 6.05. The lowest BCUT2D eigenvalue weighted by atomic mass is 10.0. The second-order valence-electron chi connectivity index (χ2n) is 4.14. The topological polar surface area (TPSA) is 29.5 Å². The maximum absolute atomic E-state index is 11.6. The van der Waals surface area contributed by atoms with Crippen LogP contribution in [-0.4, -0.2) is 30.6 Å². The van der Waals surface area contributed by atoms with E-state index in [-0.39, 0.29) is 5.97 Å². The Morgan fingerprint density at radius 1 is 1.62 bits per heavy atom. The summed E-state index contributed by atoms with van der Waals surface area (Å²) in [6.07, 6.45) is 0. The average molecular weight is 306 g/mol. The van der Waals surface area contributed by atoms with E-state index >= 15 is 0 Å². The van der Waals surface area contributed by atoms with Crippen molar-refractivity contribution in [2.45, 2.75) is 25.9 Å². The first-order chi connectivity index (χ1) is 7.37. The van der Waals surface area contributed by atoms with Gasteiger partial charge in [-0.15, -0.1) is 11.3 Å². The number of ether oxygens (including phenoxy) is 1. The lowest BCUT2D eigenvalue weighted by Gasteiger charge is -2.32. The summed E-state index contributed by atoms with van der Waals surface area (Å²) in [5, 5.41) is 2.04. The molecule has 0 aliphatic heterocycles. The minimum Gasteiger partial charge on any atom is -0.468 e. The van der Waals surface area contributed by atoms with E-state index in [1.54, 1.807) is 11.3 Å². The number of methoxy groups -OCH3 is 1. The van der Waals surface area contributed by atoms with E-state index in [9.17, 15) is 4.79 Å². The van der Waals surface area contributed by atoms with Crippen molar-refractivity contribution in [1.29, 1.82) is 0 Å². The number of nitrogens with zero attached hydrogens (tertiary/aromatic N) is 1. The standard InChI is InChI=1S/C11H16BrNO2S/c1-11(2,10(14)15-4)13(3)6-9-5-8(12)7-16-9/h5,7H,6H2,1-4H3. The smallest absolute Gasteiger partial charge is 0.325 e. The molecule has 0 spiro atoms. The van der Waals surface area contributed by atoms with Gasteiger partial charge in [0.1, 0.15) is 5.54 Å². The molecule has 1 rings (SSSR count). The highest BCUT2D eigenvalue weighted by atomic mass is 79.9. The van der Waals surface area contributed by atoms with Crippen LogP contribution in [-0.2, 0) is 16.1 Å². The lowest BCUT2D eigenvalue weighted by molar-refractivity contribution is -0.152. The molecule has 0 unspecified atom stereocenters. The van der Waals surface area contributed by atoms with Crippen LogP contribution in [0.3, 0.4) is 0 Å². The van der Waals surface area contributed by atoms with Crippen LogP contribution in [0, 0.1) is 0 Å². The molecule has 90 valence electrons. The van der Waals surface area contributed by atoms with Gasteiger partial charge >= 0.3 is 5.97 Å². The van der Waals surface area contributed by atoms with Gasteiger partial charge < -0.3 is 4.74 Å². The molecule has 0 saturated heterocycles. The maximum atomic E-state index is 11.6. The van der Waals surface area contributed by atoms with Crippen LogP contribution in [0.25, 0.3) is 0 Å². The zero-order chi connectivity index (χ0) is 12.3. The van der Waals surface area contributed by atoms with Crippen LogP contribution in [0.5, 0.6) is 0 Å². The summed E-state index contributed by atoms with van der Waals surface area (Å²) < 4.78 is 5.87. The van der Waals surface area contributed by atoms with Gasteiger partial charge in [0.15, 0.2) is 0 Å². The van der Waals surface area contributed by atoms with Gasteiger partial charge in [0.05, 0.1) is 7.11 Å². The molecule has 1 aromatic rings. The number of hydrogen-bond donors (Lipinski definition) is 0. The second kappa shape index (κ2) is 5.29. The highest BCUT2D eigenvalue weighted by molar-refractivity contribution is 9.10. The zero-order valence-electron chi connectivity index (χ0n) is 9.91. The highest BCUT2D eigenvalue weighted by Gasteiger charge is 2.33. The van der Waals surface area contributed by atoms with Crippen molar-refractivity contribution in [2.24, 2.45) is 0 Å². The number of carbonyl (C=O) groups is 1. The fourth-order valence-corrected chi connectivity index (χ4v) is 2.78. The summed E-state index contributed by atoms with van der Waals surface area (Å²) in [5.41, 5.74) is -0.606. The van der Waals surface area contributed by atoms with E-state index in [1.165, 1.54) is 12.0 Å². The molecule has 16 heavy (non-hydrogen) atoms. The maximum Gasteiger partial charge on any atom is 0.325 e. The van der Waals surface area contributed by atoms with Crippen molar-refractivity contribution in [3.63, 3.8) is 0 Å². The Balaban J connectivity index is 2.71. The third-order valence-electron chi connectivity index (χ3n) is 2.65.